The highest BCUT2D eigenvalue weighted by Crippen LogP contribution is 2.27. The van der Waals surface area contributed by atoms with Crippen molar-refractivity contribution in [3.05, 3.63) is 60.7 Å². The van der Waals surface area contributed by atoms with Crippen LogP contribution in [0.2, 0.25) is 0 Å². The molecule has 0 atom stereocenters. The predicted molar refractivity (Wildman–Crippen MR) is 76.4 cm³/mol. The highest BCUT2D eigenvalue weighted by atomic mass is 15.3. The largest absolute Gasteiger partial charge is 0.263 e. The van der Waals surface area contributed by atoms with Crippen LogP contribution in [0, 0.1) is 0 Å². The molecule has 0 radical (unpaired) electrons. The van der Waals surface area contributed by atoms with Crippen molar-refractivity contribution in [3.8, 4) is 0 Å². The van der Waals surface area contributed by atoms with E-state index < -0.39 is 0 Å². The first-order chi connectivity index (χ1) is 9.45. The second-order valence-electron chi connectivity index (χ2n) is 4.16. The molecular formula is C15H14N4. The molecule has 0 fully saturated rings. The van der Waals surface area contributed by atoms with Gasteiger partial charge in [-0.3, -0.25) is 4.90 Å². The van der Waals surface area contributed by atoms with Gasteiger partial charge < -0.3 is 0 Å². The van der Waals surface area contributed by atoms with Gasteiger partial charge >= 0.3 is 0 Å². The van der Waals surface area contributed by atoms with Crippen molar-refractivity contribution >= 4 is 17.9 Å². The topological polar surface area (TPSA) is 41.4 Å². The maximum Gasteiger partial charge on any atom is 0.139 e. The molecule has 0 aliphatic carbocycles. The lowest BCUT2D eigenvalue weighted by atomic mass is 10.2. The Morgan fingerprint density at radius 3 is 2.00 bits per heavy atom. The summed E-state index contributed by atoms with van der Waals surface area (Å²) in [5.41, 5.74) is 0. The van der Waals surface area contributed by atoms with Gasteiger partial charge in [0.25, 0.3) is 0 Å². The molecule has 0 spiro atoms. The summed E-state index contributed by atoms with van der Waals surface area (Å²) in [5.74, 6) is 2.53. The van der Waals surface area contributed by atoms with Gasteiger partial charge in [-0.2, -0.15) is 0 Å². The van der Waals surface area contributed by atoms with E-state index >= 15 is 0 Å². The summed E-state index contributed by atoms with van der Waals surface area (Å²) in [6.07, 6.45) is 9.59. The highest BCUT2D eigenvalue weighted by molar-refractivity contribution is 5.67. The molecule has 1 aliphatic rings. The Labute approximate surface area is 112 Å². The quantitative estimate of drug-likeness (QED) is 0.839. The molecule has 0 aromatic carbocycles. The van der Waals surface area contributed by atoms with Crippen molar-refractivity contribution in [2.75, 3.05) is 4.90 Å². The van der Waals surface area contributed by atoms with Crippen LogP contribution in [0.4, 0.5) is 11.6 Å². The van der Waals surface area contributed by atoms with E-state index in [1.807, 2.05) is 47.5 Å². The Kier molecular flexibility index (Phi) is 3.32. The standard InChI is InChI=1S/C15H14N4/c1-4-10-16-13(7-1)19(14-8-2-5-11-17-14)15-9-3-6-12-18-15/h1-2,4-5,7-12H,3,6H2. The number of hydrogen-bond donors (Lipinski definition) is 0. The number of allylic oxidation sites excluding steroid dienone is 1. The van der Waals surface area contributed by atoms with E-state index in [9.17, 15) is 0 Å². The molecule has 3 heterocycles. The molecule has 1 aliphatic heterocycles. The third-order valence-corrected chi connectivity index (χ3v) is 2.83. The fourth-order valence-corrected chi connectivity index (χ4v) is 1.97. The zero-order valence-corrected chi connectivity index (χ0v) is 10.5. The summed E-state index contributed by atoms with van der Waals surface area (Å²) in [7, 11) is 0. The molecule has 2 aromatic rings. The number of nitrogens with zero attached hydrogens (tertiary/aromatic N) is 4. The maximum absolute atomic E-state index is 4.46. The van der Waals surface area contributed by atoms with Crippen LogP contribution in [0.15, 0.2) is 65.7 Å². The van der Waals surface area contributed by atoms with Gasteiger partial charge in [0.1, 0.15) is 17.5 Å². The first-order valence-electron chi connectivity index (χ1n) is 6.30. The average Bonchev–Trinajstić information content (AvgIpc) is 2.51. The summed E-state index contributed by atoms with van der Waals surface area (Å²) in [6, 6.07) is 11.6. The molecule has 0 unspecified atom stereocenters. The molecule has 94 valence electrons. The Bertz CT molecular complexity index is 551. The van der Waals surface area contributed by atoms with E-state index in [-0.39, 0.29) is 0 Å². The molecule has 0 bridgehead atoms. The molecule has 4 heteroatoms. The molecule has 4 nitrogen and oxygen atoms in total. The Balaban J connectivity index is 2.06. The summed E-state index contributed by atoms with van der Waals surface area (Å²) in [6.45, 7) is 0. The first-order valence-corrected chi connectivity index (χ1v) is 6.30. The lowest BCUT2D eigenvalue weighted by Crippen LogP contribution is -2.18. The number of pyridine rings is 2. The number of anilines is 2. The number of aromatic nitrogens is 2. The van der Waals surface area contributed by atoms with Crippen LogP contribution >= 0.6 is 0 Å². The summed E-state index contributed by atoms with van der Waals surface area (Å²) < 4.78 is 0. The fourth-order valence-electron chi connectivity index (χ4n) is 1.97. The maximum atomic E-state index is 4.46. The number of hydrogen-bond acceptors (Lipinski definition) is 4. The second-order valence-corrected chi connectivity index (χ2v) is 4.16. The van der Waals surface area contributed by atoms with Crippen LogP contribution in [0.1, 0.15) is 12.8 Å². The SMILES string of the molecule is C1=NC(N(c2ccccn2)c2ccccn2)=CCC1. The van der Waals surface area contributed by atoms with Gasteiger partial charge in [0.2, 0.25) is 0 Å². The zero-order valence-electron chi connectivity index (χ0n) is 10.5. The predicted octanol–water partition coefficient (Wildman–Crippen LogP) is 3.32. The van der Waals surface area contributed by atoms with Gasteiger partial charge in [-0.15, -0.1) is 0 Å². The lowest BCUT2D eigenvalue weighted by Gasteiger charge is -2.23. The van der Waals surface area contributed by atoms with E-state index in [0.717, 1.165) is 30.3 Å². The van der Waals surface area contributed by atoms with Gasteiger partial charge in [0.05, 0.1) is 0 Å². The van der Waals surface area contributed by atoms with Gasteiger partial charge in [0, 0.05) is 18.6 Å². The molecule has 0 saturated carbocycles. The van der Waals surface area contributed by atoms with Crippen molar-refractivity contribution in [2.24, 2.45) is 4.99 Å². The van der Waals surface area contributed by atoms with Gasteiger partial charge in [-0.25, -0.2) is 15.0 Å². The van der Waals surface area contributed by atoms with Crippen molar-refractivity contribution in [3.63, 3.8) is 0 Å². The second kappa shape index (κ2) is 5.44. The third-order valence-electron chi connectivity index (χ3n) is 2.83. The average molecular weight is 250 g/mol. The molecule has 3 rings (SSSR count). The Hall–Kier alpha value is -2.49. The van der Waals surface area contributed by atoms with E-state index in [1.54, 1.807) is 12.4 Å². The lowest BCUT2D eigenvalue weighted by molar-refractivity contribution is 0.970. The summed E-state index contributed by atoms with van der Waals surface area (Å²) >= 11 is 0. The third kappa shape index (κ3) is 2.52. The van der Waals surface area contributed by atoms with Crippen molar-refractivity contribution in [1.29, 1.82) is 0 Å². The van der Waals surface area contributed by atoms with Crippen LogP contribution in [-0.4, -0.2) is 16.2 Å². The van der Waals surface area contributed by atoms with E-state index in [1.165, 1.54) is 0 Å². The molecule has 0 saturated heterocycles. The van der Waals surface area contributed by atoms with Crippen LogP contribution in [0.5, 0.6) is 0 Å². The Morgan fingerprint density at radius 1 is 0.842 bits per heavy atom. The highest BCUT2D eigenvalue weighted by Gasteiger charge is 2.16. The zero-order chi connectivity index (χ0) is 12.9. The molecular weight excluding hydrogens is 236 g/mol. The van der Waals surface area contributed by atoms with Gasteiger partial charge in [-0.1, -0.05) is 12.1 Å². The minimum absolute atomic E-state index is 0.825. The first kappa shape index (κ1) is 11.6. The van der Waals surface area contributed by atoms with E-state index in [4.69, 9.17) is 0 Å². The minimum atomic E-state index is 0.825. The van der Waals surface area contributed by atoms with E-state index in [2.05, 4.69) is 21.0 Å². The fraction of sp³-hybridized carbons (Fsp3) is 0.133. The van der Waals surface area contributed by atoms with Gasteiger partial charge in [-0.05, 0) is 43.2 Å². The van der Waals surface area contributed by atoms with Crippen molar-refractivity contribution in [2.45, 2.75) is 12.8 Å². The molecule has 0 amide bonds. The molecule has 2 aromatic heterocycles. The smallest absolute Gasteiger partial charge is 0.139 e. The van der Waals surface area contributed by atoms with Crippen LogP contribution in [-0.2, 0) is 0 Å². The van der Waals surface area contributed by atoms with Crippen LogP contribution in [0.3, 0.4) is 0 Å². The summed E-state index contributed by atoms with van der Waals surface area (Å²) in [4.78, 5) is 15.2. The number of rotatable bonds is 3. The monoisotopic (exact) mass is 250 g/mol. The molecule has 19 heavy (non-hydrogen) atoms. The minimum Gasteiger partial charge on any atom is -0.263 e. The number of aliphatic imine (C=N–C) groups is 1. The normalized spacial score (nSPS) is 14.0. The van der Waals surface area contributed by atoms with Crippen LogP contribution in [0.25, 0.3) is 0 Å². The van der Waals surface area contributed by atoms with Gasteiger partial charge in [0.15, 0.2) is 0 Å². The Morgan fingerprint density at radius 2 is 1.53 bits per heavy atom. The van der Waals surface area contributed by atoms with Crippen molar-refractivity contribution < 1.29 is 0 Å². The van der Waals surface area contributed by atoms with E-state index in [0.29, 0.717) is 0 Å². The van der Waals surface area contributed by atoms with Crippen molar-refractivity contribution in [1.82, 2.24) is 9.97 Å². The molecule has 0 N–H and O–H groups in total. The van der Waals surface area contributed by atoms with Crippen LogP contribution < -0.4 is 4.90 Å². The summed E-state index contributed by atoms with van der Waals surface area (Å²) in [5, 5.41) is 0.